The van der Waals surface area contributed by atoms with Crippen molar-refractivity contribution in [1.29, 1.82) is 0 Å². The number of nitrogens with one attached hydrogen (secondary N) is 1. The van der Waals surface area contributed by atoms with Gasteiger partial charge >= 0.3 is 5.69 Å². The van der Waals surface area contributed by atoms with E-state index in [2.05, 4.69) is 0 Å². The van der Waals surface area contributed by atoms with Gasteiger partial charge in [0.25, 0.3) is 11.4 Å². The summed E-state index contributed by atoms with van der Waals surface area (Å²) in [6.07, 6.45) is 2.19. The molecule has 2 heterocycles. The minimum atomic E-state index is -2.86. The fourth-order valence-corrected chi connectivity index (χ4v) is 1.81. The fraction of sp³-hybridized carbons (Fsp3) is 0.455. The van der Waals surface area contributed by atoms with E-state index < -0.39 is 42.5 Å². The van der Waals surface area contributed by atoms with Crippen LogP contribution in [0.2, 0.25) is 0 Å². The maximum Gasteiger partial charge on any atom is 0.330 e. The maximum absolute atomic E-state index is 13.7. The van der Waals surface area contributed by atoms with Crippen LogP contribution in [0.15, 0.2) is 15.8 Å². The highest BCUT2D eigenvalue weighted by molar-refractivity contribution is 5.26. The van der Waals surface area contributed by atoms with Gasteiger partial charge in [0.2, 0.25) is 0 Å². The molecule has 1 aliphatic rings. The van der Waals surface area contributed by atoms with E-state index in [1.165, 1.54) is 0 Å². The zero-order valence-electron chi connectivity index (χ0n) is 9.60. The number of halogens is 2. The molecule has 2 N–H and O–H groups in total. The fourth-order valence-electron chi connectivity index (χ4n) is 1.81. The third-order valence-electron chi connectivity index (χ3n) is 2.86. The Morgan fingerprint density at radius 1 is 1.68 bits per heavy atom. The quantitative estimate of drug-likeness (QED) is 0.706. The van der Waals surface area contributed by atoms with E-state index in [0.29, 0.717) is 0 Å². The Kier molecular flexibility index (Phi) is 3.26. The van der Waals surface area contributed by atoms with Crippen LogP contribution in [0.25, 0.3) is 0 Å². The summed E-state index contributed by atoms with van der Waals surface area (Å²) in [5.74, 6) is -0.828. The molecule has 0 saturated carbocycles. The van der Waals surface area contributed by atoms with E-state index in [1.807, 2.05) is 10.9 Å². The number of hydrogen-bond acceptors (Lipinski definition) is 4. The third-order valence-corrected chi connectivity index (χ3v) is 2.86. The van der Waals surface area contributed by atoms with E-state index in [0.717, 1.165) is 10.8 Å². The monoisotopic (exact) mass is 272 g/mol. The van der Waals surface area contributed by atoms with Crippen LogP contribution in [-0.4, -0.2) is 33.3 Å². The zero-order valence-corrected chi connectivity index (χ0v) is 9.60. The van der Waals surface area contributed by atoms with Crippen molar-refractivity contribution in [3.8, 4) is 12.3 Å². The van der Waals surface area contributed by atoms with Gasteiger partial charge in [-0.25, -0.2) is 13.6 Å². The summed E-state index contributed by atoms with van der Waals surface area (Å²) in [6, 6.07) is 0. The van der Waals surface area contributed by atoms with E-state index in [4.69, 9.17) is 16.3 Å². The number of H-pyrrole nitrogens is 1. The average molecular weight is 272 g/mol. The van der Waals surface area contributed by atoms with Gasteiger partial charge in [0.15, 0.2) is 6.17 Å². The van der Waals surface area contributed by atoms with Crippen LogP contribution in [-0.2, 0) is 4.74 Å². The molecule has 0 radical (unpaired) electrons. The second kappa shape index (κ2) is 4.60. The molecule has 0 spiro atoms. The van der Waals surface area contributed by atoms with Crippen LogP contribution in [0.3, 0.4) is 0 Å². The molecule has 8 heteroatoms. The van der Waals surface area contributed by atoms with Crippen LogP contribution >= 0.6 is 0 Å². The van der Waals surface area contributed by atoms with E-state index >= 15 is 0 Å². The van der Waals surface area contributed by atoms with Gasteiger partial charge < -0.3 is 9.84 Å². The van der Waals surface area contributed by atoms with Crippen molar-refractivity contribution in [2.75, 3.05) is 6.61 Å². The number of aromatic nitrogens is 2. The number of hydrogen-bond donors (Lipinski definition) is 2. The molecule has 0 unspecified atom stereocenters. The second-order valence-electron chi connectivity index (χ2n) is 4.07. The minimum Gasteiger partial charge on any atom is -0.390 e. The van der Waals surface area contributed by atoms with E-state index in [9.17, 15) is 18.4 Å². The number of aromatic amines is 1. The molecule has 0 bridgehead atoms. The number of nitrogens with zero attached hydrogens (tertiary/aromatic N) is 1. The van der Waals surface area contributed by atoms with Gasteiger partial charge in [0, 0.05) is 12.6 Å². The Morgan fingerprint density at radius 2 is 2.37 bits per heavy atom. The smallest absolute Gasteiger partial charge is 0.330 e. The predicted molar refractivity (Wildman–Crippen MR) is 59.8 cm³/mol. The summed E-state index contributed by atoms with van der Waals surface area (Å²) in [6.45, 7) is -1.18. The van der Waals surface area contributed by atoms with Crippen molar-refractivity contribution < 1.29 is 18.6 Å². The van der Waals surface area contributed by atoms with Crippen LogP contribution in [0.4, 0.5) is 8.78 Å². The van der Waals surface area contributed by atoms with Gasteiger partial charge in [-0.15, -0.1) is 6.42 Å². The molecule has 0 aromatic carbocycles. The molecule has 1 aromatic rings. The van der Waals surface area contributed by atoms with Crippen LogP contribution < -0.4 is 11.2 Å². The lowest BCUT2D eigenvalue weighted by atomic mass is 10.2. The molecule has 3 atom stereocenters. The van der Waals surface area contributed by atoms with Gasteiger partial charge in [-0.1, -0.05) is 5.92 Å². The zero-order chi connectivity index (χ0) is 14.2. The third kappa shape index (κ3) is 2.18. The number of rotatable bonds is 2. The molecule has 102 valence electrons. The van der Waals surface area contributed by atoms with Crippen molar-refractivity contribution in [1.82, 2.24) is 9.55 Å². The molecule has 19 heavy (non-hydrogen) atoms. The van der Waals surface area contributed by atoms with Crippen molar-refractivity contribution in [3.05, 3.63) is 32.6 Å². The number of aliphatic hydroxyl groups is 1. The maximum atomic E-state index is 13.7. The summed E-state index contributed by atoms with van der Waals surface area (Å²) < 4.78 is 32.6. The SMILES string of the molecule is C#Cc1cn([C@H]2C[C@H](F)[C@@](F)(CO)O2)c(=O)[nH]c1=O. The lowest BCUT2D eigenvalue weighted by molar-refractivity contribution is -0.196. The van der Waals surface area contributed by atoms with Crippen LogP contribution in [0.1, 0.15) is 18.2 Å². The molecule has 6 nitrogen and oxygen atoms in total. The van der Waals surface area contributed by atoms with Gasteiger partial charge in [-0.3, -0.25) is 14.3 Å². The predicted octanol–water partition coefficient (Wildman–Crippen LogP) is -0.567. The van der Waals surface area contributed by atoms with Gasteiger partial charge in [-0.2, -0.15) is 0 Å². The number of aliphatic hydroxyl groups excluding tert-OH is 1. The first-order valence-corrected chi connectivity index (χ1v) is 5.35. The standard InChI is InChI=1S/C11H10F2N2O4/c1-2-6-4-15(10(18)14-9(6)17)8-3-7(12)11(13,5-16)19-8/h1,4,7-8,16H,3,5H2,(H,14,17,18)/t7-,8+,11+/m0/s1. The topological polar surface area (TPSA) is 84.3 Å². The Labute approximate surface area is 105 Å². The van der Waals surface area contributed by atoms with Crippen molar-refractivity contribution in [3.63, 3.8) is 0 Å². The summed E-state index contributed by atoms with van der Waals surface area (Å²) in [7, 11) is 0. The second-order valence-corrected chi connectivity index (χ2v) is 4.07. The lowest BCUT2D eigenvalue weighted by Crippen LogP contribution is -2.37. The first kappa shape index (κ1) is 13.5. The van der Waals surface area contributed by atoms with Gasteiger partial charge in [-0.05, 0) is 0 Å². The summed E-state index contributed by atoms with van der Waals surface area (Å²) in [5.41, 5.74) is -1.84. The number of terminal acetylenes is 1. The Hall–Kier alpha value is -1.98. The molecule has 1 fully saturated rings. The Bertz CT molecular complexity index is 647. The first-order valence-electron chi connectivity index (χ1n) is 5.35. The normalized spacial score (nSPS) is 30.2. The summed E-state index contributed by atoms with van der Waals surface area (Å²) in [5, 5.41) is 8.76. The van der Waals surface area contributed by atoms with Gasteiger partial charge in [0.1, 0.15) is 18.4 Å². The highest BCUT2D eigenvalue weighted by atomic mass is 19.2. The minimum absolute atomic E-state index is 0.168. The van der Waals surface area contributed by atoms with Crippen molar-refractivity contribution >= 4 is 0 Å². The molecular formula is C11H10F2N2O4. The molecule has 0 amide bonds. The lowest BCUT2D eigenvalue weighted by Gasteiger charge is -2.19. The molecule has 1 saturated heterocycles. The molecular weight excluding hydrogens is 262 g/mol. The highest BCUT2D eigenvalue weighted by Gasteiger charge is 2.50. The first-order chi connectivity index (χ1) is 8.91. The average Bonchev–Trinajstić information content (AvgIpc) is 2.66. The Morgan fingerprint density at radius 3 is 2.89 bits per heavy atom. The van der Waals surface area contributed by atoms with Crippen LogP contribution in [0, 0.1) is 12.3 Å². The summed E-state index contributed by atoms with van der Waals surface area (Å²) >= 11 is 0. The molecule has 2 rings (SSSR count). The molecule has 0 aliphatic carbocycles. The van der Waals surface area contributed by atoms with E-state index in [-0.39, 0.29) is 5.56 Å². The van der Waals surface area contributed by atoms with Crippen LogP contribution in [0.5, 0.6) is 0 Å². The van der Waals surface area contributed by atoms with Gasteiger partial charge in [0.05, 0.1) is 0 Å². The highest BCUT2D eigenvalue weighted by Crippen LogP contribution is 2.38. The summed E-state index contributed by atoms with van der Waals surface area (Å²) in [4.78, 5) is 24.7. The molecule has 1 aliphatic heterocycles. The molecule has 1 aromatic heterocycles. The van der Waals surface area contributed by atoms with Crippen molar-refractivity contribution in [2.24, 2.45) is 0 Å². The van der Waals surface area contributed by atoms with Crippen molar-refractivity contribution in [2.45, 2.75) is 24.7 Å². The van der Waals surface area contributed by atoms with E-state index in [1.54, 1.807) is 0 Å². The largest absolute Gasteiger partial charge is 0.390 e. The number of alkyl halides is 2. The Balaban J connectivity index is 2.43. The number of ether oxygens (including phenoxy) is 1.